The first-order chi connectivity index (χ1) is 11.7. The SMILES string of the molecule is CNCC[C@H](Oc1cccc2c(OC)c(O)ccc12)c1cccs1. The lowest BCUT2D eigenvalue weighted by Gasteiger charge is -2.20. The Morgan fingerprint density at radius 3 is 2.71 bits per heavy atom. The van der Waals surface area contributed by atoms with Crippen molar-refractivity contribution in [1.29, 1.82) is 0 Å². The molecule has 0 saturated heterocycles. The Morgan fingerprint density at radius 1 is 1.12 bits per heavy atom. The Hall–Kier alpha value is -2.24. The molecule has 2 aromatic carbocycles. The van der Waals surface area contributed by atoms with Gasteiger partial charge < -0.3 is 19.9 Å². The zero-order chi connectivity index (χ0) is 16.9. The highest BCUT2D eigenvalue weighted by atomic mass is 32.1. The number of benzene rings is 2. The Balaban J connectivity index is 1.99. The summed E-state index contributed by atoms with van der Waals surface area (Å²) in [5.41, 5.74) is 0. The highest BCUT2D eigenvalue weighted by Gasteiger charge is 2.17. The van der Waals surface area contributed by atoms with Crippen molar-refractivity contribution in [3.05, 3.63) is 52.7 Å². The maximum Gasteiger partial charge on any atom is 0.168 e. The van der Waals surface area contributed by atoms with Gasteiger partial charge in [-0.25, -0.2) is 0 Å². The van der Waals surface area contributed by atoms with E-state index in [9.17, 15) is 5.11 Å². The maximum atomic E-state index is 9.98. The van der Waals surface area contributed by atoms with Crippen LogP contribution in [0.5, 0.6) is 17.2 Å². The van der Waals surface area contributed by atoms with Crippen LogP contribution in [0.4, 0.5) is 0 Å². The number of phenolic OH excluding ortho intramolecular Hbond substituents is 1. The van der Waals surface area contributed by atoms with Gasteiger partial charge >= 0.3 is 0 Å². The van der Waals surface area contributed by atoms with Gasteiger partial charge in [-0.2, -0.15) is 0 Å². The summed E-state index contributed by atoms with van der Waals surface area (Å²) in [6, 6.07) is 13.5. The van der Waals surface area contributed by atoms with Crippen LogP contribution in [0.25, 0.3) is 10.8 Å². The largest absolute Gasteiger partial charge is 0.504 e. The monoisotopic (exact) mass is 343 g/mol. The Bertz CT molecular complexity index is 802. The van der Waals surface area contributed by atoms with Gasteiger partial charge in [0.25, 0.3) is 0 Å². The summed E-state index contributed by atoms with van der Waals surface area (Å²) in [4.78, 5) is 1.20. The third-order valence-electron chi connectivity index (χ3n) is 3.94. The molecule has 0 saturated carbocycles. The second-order valence-corrected chi connectivity index (χ2v) is 6.46. The first-order valence-corrected chi connectivity index (χ1v) is 8.76. The average Bonchev–Trinajstić information content (AvgIpc) is 3.13. The van der Waals surface area contributed by atoms with Crippen LogP contribution < -0.4 is 14.8 Å². The molecule has 3 rings (SSSR count). The van der Waals surface area contributed by atoms with E-state index in [0.29, 0.717) is 5.75 Å². The molecule has 1 heterocycles. The summed E-state index contributed by atoms with van der Waals surface area (Å²) in [5, 5.41) is 17.0. The van der Waals surface area contributed by atoms with Crippen LogP contribution in [-0.2, 0) is 0 Å². The fourth-order valence-corrected chi connectivity index (χ4v) is 3.56. The zero-order valence-corrected chi connectivity index (χ0v) is 14.6. The molecular formula is C19H21NO3S. The molecule has 2 N–H and O–H groups in total. The van der Waals surface area contributed by atoms with Gasteiger partial charge in [0.1, 0.15) is 11.9 Å². The molecular weight excluding hydrogens is 322 g/mol. The minimum absolute atomic E-state index is 0.0113. The van der Waals surface area contributed by atoms with Crippen LogP contribution in [0.1, 0.15) is 17.4 Å². The summed E-state index contributed by atoms with van der Waals surface area (Å²) >= 11 is 1.70. The standard InChI is InChI=1S/C19H21NO3S/c1-20-11-10-17(18-7-4-12-24-18)23-16-6-3-5-14-13(16)8-9-15(21)19(14)22-2/h3-9,12,17,20-21H,10-11H2,1-2H3/t17-/m0/s1. The van der Waals surface area contributed by atoms with Crippen LogP contribution in [-0.4, -0.2) is 25.8 Å². The summed E-state index contributed by atoms with van der Waals surface area (Å²) in [6.07, 6.45) is 0.866. The first kappa shape index (κ1) is 16.6. The summed E-state index contributed by atoms with van der Waals surface area (Å²) < 4.78 is 11.7. The number of thiophene rings is 1. The molecule has 0 spiro atoms. The van der Waals surface area contributed by atoms with Gasteiger partial charge in [-0.1, -0.05) is 18.2 Å². The molecule has 0 unspecified atom stereocenters. The third kappa shape index (κ3) is 3.32. The lowest BCUT2D eigenvalue weighted by molar-refractivity contribution is 0.201. The predicted octanol–water partition coefficient (Wildman–Crippen LogP) is 4.35. The highest BCUT2D eigenvalue weighted by Crippen LogP contribution is 2.40. The van der Waals surface area contributed by atoms with Crippen molar-refractivity contribution in [2.24, 2.45) is 0 Å². The van der Waals surface area contributed by atoms with E-state index >= 15 is 0 Å². The third-order valence-corrected chi connectivity index (χ3v) is 4.91. The van der Waals surface area contributed by atoms with Gasteiger partial charge in [0.05, 0.1) is 7.11 Å². The van der Waals surface area contributed by atoms with Crippen LogP contribution in [0.3, 0.4) is 0 Å². The van der Waals surface area contributed by atoms with E-state index in [0.717, 1.165) is 29.5 Å². The predicted molar refractivity (Wildman–Crippen MR) is 98.4 cm³/mol. The average molecular weight is 343 g/mol. The van der Waals surface area contributed by atoms with Gasteiger partial charge in [0.15, 0.2) is 11.5 Å². The van der Waals surface area contributed by atoms with Crippen molar-refractivity contribution in [1.82, 2.24) is 5.32 Å². The van der Waals surface area contributed by atoms with Crippen LogP contribution >= 0.6 is 11.3 Å². The molecule has 5 heteroatoms. The Labute approximate surface area is 145 Å². The van der Waals surface area contributed by atoms with Gasteiger partial charge in [-0.3, -0.25) is 0 Å². The Kier molecular flexibility index (Phi) is 5.23. The van der Waals surface area contributed by atoms with E-state index < -0.39 is 0 Å². The number of hydrogen-bond donors (Lipinski definition) is 2. The number of nitrogens with one attached hydrogen (secondary N) is 1. The van der Waals surface area contributed by atoms with Gasteiger partial charge in [0.2, 0.25) is 0 Å². The molecule has 0 aliphatic carbocycles. The molecule has 24 heavy (non-hydrogen) atoms. The number of hydrogen-bond acceptors (Lipinski definition) is 5. The Morgan fingerprint density at radius 2 is 2.00 bits per heavy atom. The molecule has 0 fully saturated rings. The quantitative estimate of drug-likeness (QED) is 0.670. The van der Waals surface area contributed by atoms with E-state index in [1.54, 1.807) is 24.5 Å². The number of aromatic hydroxyl groups is 1. The van der Waals surface area contributed by atoms with Crippen molar-refractivity contribution >= 4 is 22.1 Å². The van der Waals surface area contributed by atoms with Gasteiger partial charge in [0, 0.05) is 22.1 Å². The van der Waals surface area contributed by atoms with E-state index in [-0.39, 0.29) is 11.9 Å². The van der Waals surface area contributed by atoms with E-state index in [2.05, 4.69) is 16.8 Å². The summed E-state index contributed by atoms with van der Waals surface area (Å²) in [6.45, 7) is 0.872. The van der Waals surface area contributed by atoms with Crippen molar-refractivity contribution in [2.45, 2.75) is 12.5 Å². The number of rotatable bonds is 7. The van der Waals surface area contributed by atoms with Crippen molar-refractivity contribution in [3.63, 3.8) is 0 Å². The number of ether oxygens (including phenoxy) is 2. The minimum atomic E-state index is -0.0113. The molecule has 0 aliphatic heterocycles. The summed E-state index contributed by atoms with van der Waals surface area (Å²) in [5.74, 6) is 1.40. The second-order valence-electron chi connectivity index (χ2n) is 5.48. The van der Waals surface area contributed by atoms with E-state index in [4.69, 9.17) is 9.47 Å². The molecule has 0 amide bonds. The zero-order valence-electron chi connectivity index (χ0n) is 13.8. The van der Waals surface area contributed by atoms with Crippen LogP contribution in [0.2, 0.25) is 0 Å². The molecule has 0 aliphatic rings. The molecule has 126 valence electrons. The molecule has 3 aromatic rings. The molecule has 0 radical (unpaired) electrons. The molecule has 1 aromatic heterocycles. The first-order valence-electron chi connectivity index (χ1n) is 7.88. The normalized spacial score (nSPS) is 12.2. The van der Waals surface area contributed by atoms with Crippen molar-refractivity contribution in [2.75, 3.05) is 20.7 Å². The fourth-order valence-electron chi connectivity index (χ4n) is 2.77. The van der Waals surface area contributed by atoms with Crippen molar-refractivity contribution < 1.29 is 14.6 Å². The van der Waals surface area contributed by atoms with Crippen LogP contribution in [0, 0.1) is 0 Å². The molecule has 4 nitrogen and oxygen atoms in total. The molecule has 0 bridgehead atoms. The lowest BCUT2D eigenvalue weighted by Crippen LogP contribution is -2.15. The van der Waals surface area contributed by atoms with Crippen molar-refractivity contribution in [3.8, 4) is 17.2 Å². The topological polar surface area (TPSA) is 50.7 Å². The second kappa shape index (κ2) is 7.55. The number of fused-ring (bicyclic) bond motifs is 1. The number of phenols is 1. The van der Waals surface area contributed by atoms with Gasteiger partial charge in [-0.15, -0.1) is 11.3 Å². The van der Waals surface area contributed by atoms with E-state index in [1.165, 1.54) is 4.88 Å². The lowest BCUT2D eigenvalue weighted by atomic mass is 10.1. The summed E-state index contributed by atoms with van der Waals surface area (Å²) in [7, 11) is 3.50. The van der Waals surface area contributed by atoms with Gasteiger partial charge in [-0.05, 0) is 43.2 Å². The smallest absolute Gasteiger partial charge is 0.168 e. The highest BCUT2D eigenvalue weighted by molar-refractivity contribution is 7.10. The fraction of sp³-hybridized carbons (Fsp3) is 0.263. The molecule has 1 atom stereocenters. The van der Waals surface area contributed by atoms with E-state index in [1.807, 2.05) is 37.4 Å². The maximum absolute atomic E-state index is 9.98. The van der Waals surface area contributed by atoms with Crippen LogP contribution in [0.15, 0.2) is 47.8 Å². The number of methoxy groups -OCH3 is 1. The minimum Gasteiger partial charge on any atom is -0.504 e.